The molecule has 1 aromatic heterocycles. The molecule has 6 rings (SSSR count). The third-order valence-corrected chi connectivity index (χ3v) is 7.27. The highest BCUT2D eigenvalue weighted by Crippen LogP contribution is 2.32. The van der Waals surface area contributed by atoms with Gasteiger partial charge in [-0.05, 0) is 71.1 Å². The molecule has 1 atom stereocenters. The van der Waals surface area contributed by atoms with E-state index in [2.05, 4.69) is 16.4 Å². The number of benzene rings is 4. The summed E-state index contributed by atoms with van der Waals surface area (Å²) in [5.74, 6) is 0.606. The number of aromatic amines is 1. The molecule has 1 amide bonds. The predicted octanol–water partition coefficient (Wildman–Crippen LogP) is 4.99. The minimum Gasteiger partial charge on any atom is -0.493 e. The zero-order valence-corrected chi connectivity index (χ0v) is 23.0. The molecule has 0 radical (unpaired) electrons. The van der Waals surface area contributed by atoms with Crippen LogP contribution in [0.15, 0.2) is 105 Å². The summed E-state index contributed by atoms with van der Waals surface area (Å²) in [6.07, 6.45) is 0.729. The molecule has 4 aromatic carbocycles. The number of hydrogen-bond acceptors (Lipinski definition) is 6. The largest absolute Gasteiger partial charge is 0.493 e. The molecule has 9 nitrogen and oxygen atoms in total. The fourth-order valence-corrected chi connectivity index (χ4v) is 5.13. The van der Waals surface area contributed by atoms with E-state index in [0.717, 1.165) is 50.3 Å². The topological polar surface area (TPSA) is 116 Å². The molecule has 0 aliphatic carbocycles. The van der Waals surface area contributed by atoms with Crippen molar-refractivity contribution in [3.05, 3.63) is 140 Å². The van der Waals surface area contributed by atoms with Crippen LogP contribution < -0.4 is 26.2 Å². The molecule has 5 aromatic rings. The molecule has 212 valence electrons. The highest BCUT2D eigenvalue weighted by atomic mass is 16.5. The van der Waals surface area contributed by atoms with Gasteiger partial charge >= 0.3 is 11.4 Å². The van der Waals surface area contributed by atoms with E-state index in [1.54, 1.807) is 0 Å². The summed E-state index contributed by atoms with van der Waals surface area (Å²) in [6.45, 7) is 3.09. The normalized spacial score (nSPS) is 14.1. The number of para-hydroxylation sites is 1. The number of nitrogens with zero attached hydrogens (tertiary/aromatic N) is 1. The molecule has 1 aliphatic heterocycles. The minimum atomic E-state index is -0.782. The van der Waals surface area contributed by atoms with Gasteiger partial charge in [0, 0.05) is 17.5 Å². The van der Waals surface area contributed by atoms with Crippen molar-refractivity contribution in [1.82, 2.24) is 15.0 Å². The highest BCUT2D eigenvalue weighted by Gasteiger charge is 2.23. The van der Waals surface area contributed by atoms with Gasteiger partial charge in [0.1, 0.15) is 18.1 Å². The Kier molecular flexibility index (Phi) is 7.47. The monoisotopic (exact) mass is 563 g/mol. The number of nitrogens with one attached hydrogen (secondary N) is 2. The first-order valence-electron chi connectivity index (χ1n) is 13.7. The molecular weight excluding hydrogens is 534 g/mol. The Morgan fingerprint density at radius 1 is 0.976 bits per heavy atom. The Balaban J connectivity index is 1.10. The maximum atomic E-state index is 13.1. The van der Waals surface area contributed by atoms with Gasteiger partial charge in [-0.3, -0.25) is 4.79 Å². The number of amides is 1. The average Bonchev–Trinajstić information content (AvgIpc) is 3.32. The number of fused-ring (bicyclic) bond motifs is 1. The third kappa shape index (κ3) is 5.90. The first-order valence-corrected chi connectivity index (χ1v) is 13.7. The third-order valence-electron chi connectivity index (χ3n) is 7.27. The van der Waals surface area contributed by atoms with Crippen LogP contribution in [-0.2, 0) is 13.2 Å². The van der Waals surface area contributed by atoms with Crippen LogP contribution in [0, 0.1) is 6.92 Å². The molecule has 0 saturated heterocycles. The minimum absolute atomic E-state index is 0.0819. The van der Waals surface area contributed by atoms with E-state index in [1.807, 2.05) is 91.9 Å². The van der Waals surface area contributed by atoms with E-state index in [1.165, 1.54) is 0 Å². The van der Waals surface area contributed by atoms with Crippen molar-refractivity contribution in [3.63, 3.8) is 0 Å². The lowest BCUT2D eigenvalue weighted by Gasteiger charge is -2.26. The molecule has 9 heteroatoms. The first kappa shape index (κ1) is 26.9. The molecular formula is C33H29N3O6. The van der Waals surface area contributed by atoms with Gasteiger partial charge in [-0.1, -0.05) is 54.6 Å². The number of hydrogen-bond donors (Lipinski definition) is 2. The van der Waals surface area contributed by atoms with Crippen LogP contribution in [0.3, 0.4) is 0 Å². The summed E-state index contributed by atoms with van der Waals surface area (Å²) >= 11 is 0. The zero-order chi connectivity index (χ0) is 29.1. The summed E-state index contributed by atoms with van der Waals surface area (Å²) in [7, 11) is 0. The van der Waals surface area contributed by atoms with Crippen LogP contribution in [0.25, 0.3) is 11.1 Å². The first-order chi connectivity index (χ1) is 20.4. The SMILES string of the molecule is Cc1cc(C(=O)NC2CCOc3ccccc32)ccc1-c1cccc(COc2ccc(Cn3oc(=O)[nH]c3=O)cc2)c1. The number of aromatic nitrogens is 2. The Bertz CT molecular complexity index is 1850. The molecule has 0 spiro atoms. The molecule has 1 unspecified atom stereocenters. The Morgan fingerprint density at radius 3 is 2.60 bits per heavy atom. The van der Waals surface area contributed by atoms with Crippen LogP contribution in [-0.4, -0.2) is 22.2 Å². The van der Waals surface area contributed by atoms with Gasteiger partial charge in [0.2, 0.25) is 0 Å². The number of carbonyl (C=O) groups excluding carboxylic acids is 1. The molecule has 0 bridgehead atoms. The lowest BCUT2D eigenvalue weighted by molar-refractivity contribution is 0.0924. The van der Waals surface area contributed by atoms with Gasteiger partial charge < -0.3 is 19.3 Å². The van der Waals surface area contributed by atoms with Gasteiger partial charge in [-0.25, -0.2) is 14.6 Å². The summed E-state index contributed by atoms with van der Waals surface area (Å²) in [6, 6.07) is 28.9. The predicted molar refractivity (Wildman–Crippen MR) is 157 cm³/mol. The van der Waals surface area contributed by atoms with Crippen molar-refractivity contribution in [3.8, 4) is 22.6 Å². The number of ether oxygens (including phenoxy) is 2. The van der Waals surface area contributed by atoms with Crippen molar-refractivity contribution in [2.45, 2.75) is 32.5 Å². The van der Waals surface area contributed by atoms with E-state index < -0.39 is 11.4 Å². The lowest BCUT2D eigenvalue weighted by atomic mass is 9.96. The van der Waals surface area contributed by atoms with E-state index >= 15 is 0 Å². The molecule has 0 fully saturated rings. The van der Waals surface area contributed by atoms with Gasteiger partial charge in [-0.2, -0.15) is 0 Å². The van der Waals surface area contributed by atoms with E-state index in [4.69, 9.17) is 14.0 Å². The fraction of sp³-hybridized carbons (Fsp3) is 0.182. The zero-order valence-electron chi connectivity index (χ0n) is 23.0. The Morgan fingerprint density at radius 2 is 1.81 bits per heavy atom. The van der Waals surface area contributed by atoms with Crippen LogP contribution in [0.4, 0.5) is 0 Å². The number of rotatable bonds is 8. The van der Waals surface area contributed by atoms with Gasteiger partial charge in [0.05, 0.1) is 19.2 Å². The van der Waals surface area contributed by atoms with Crippen LogP contribution in [0.1, 0.15) is 45.1 Å². The van der Waals surface area contributed by atoms with Crippen molar-refractivity contribution in [2.75, 3.05) is 6.61 Å². The second-order valence-corrected chi connectivity index (χ2v) is 10.2. The summed E-state index contributed by atoms with van der Waals surface area (Å²) < 4.78 is 17.5. The van der Waals surface area contributed by atoms with E-state index in [0.29, 0.717) is 24.5 Å². The van der Waals surface area contributed by atoms with E-state index in [-0.39, 0.29) is 18.5 Å². The Labute approximate surface area is 241 Å². The number of carbonyl (C=O) groups is 1. The molecule has 2 heterocycles. The summed E-state index contributed by atoms with van der Waals surface area (Å²) in [5, 5.41) is 3.17. The van der Waals surface area contributed by atoms with Gasteiger partial charge in [0.15, 0.2) is 0 Å². The average molecular weight is 564 g/mol. The van der Waals surface area contributed by atoms with Crippen molar-refractivity contribution >= 4 is 5.91 Å². The van der Waals surface area contributed by atoms with Crippen LogP contribution >= 0.6 is 0 Å². The highest BCUT2D eigenvalue weighted by molar-refractivity contribution is 5.95. The molecule has 1 aliphatic rings. The van der Waals surface area contributed by atoms with Crippen LogP contribution in [0.5, 0.6) is 11.5 Å². The Hall–Kier alpha value is -5.31. The maximum Gasteiger partial charge on any atom is 0.440 e. The lowest BCUT2D eigenvalue weighted by Crippen LogP contribution is -2.32. The standard InChI is InChI=1S/C33H29N3O6/c1-21-17-25(31(37)34-29-15-16-40-30-8-3-2-7-28(29)30)11-14-27(21)24-6-4-5-23(18-24)20-41-26-12-9-22(10-13-26)19-36-32(38)35-33(39)42-36/h2-14,17-18,29H,15-16,19-20H2,1H3,(H,34,37)(H,35,38,39). The fourth-order valence-electron chi connectivity index (χ4n) is 5.13. The number of aryl methyl sites for hydroxylation is 1. The second-order valence-electron chi connectivity index (χ2n) is 10.2. The smallest absolute Gasteiger partial charge is 0.440 e. The quantitative estimate of drug-likeness (QED) is 0.275. The van der Waals surface area contributed by atoms with Crippen molar-refractivity contribution in [2.24, 2.45) is 0 Å². The summed E-state index contributed by atoms with van der Waals surface area (Å²) in [4.78, 5) is 38.0. The molecule has 42 heavy (non-hydrogen) atoms. The van der Waals surface area contributed by atoms with Gasteiger partial charge in [-0.15, -0.1) is 4.74 Å². The molecule has 0 saturated carbocycles. The van der Waals surface area contributed by atoms with Crippen molar-refractivity contribution < 1.29 is 18.8 Å². The summed E-state index contributed by atoms with van der Waals surface area (Å²) in [5.41, 5.74) is 5.90. The number of H-pyrrole nitrogens is 1. The van der Waals surface area contributed by atoms with E-state index in [9.17, 15) is 14.4 Å². The second kappa shape index (κ2) is 11.7. The maximum absolute atomic E-state index is 13.1. The van der Waals surface area contributed by atoms with Gasteiger partial charge in [0.25, 0.3) is 5.91 Å². The molecule has 2 N–H and O–H groups in total. The van der Waals surface area contributed by atoms with Crippen LogP contribution in [0.2, 0.25) is 0 Å². The van der Waals surface area contributed by atoms with Crippen molar-refractivity contribution in [1.29, 1.82) is 0 Å².